The van der Waals surface area contributed by atoms with Crippen LogP contribution in [0.25, 0.3) is 0 Å². The van der Waals surface area contributed by atoms with Crippen LogP contribution in [0.2, 0.25) is 0 Å². The lowest BCUT2D eigenvalue weighted by Gasteiger charge is -2.18. The first-order valence-electron chi connectivity index (χ1n) is 8.28. The van der Waals surface area contributed by atoms with E-state index in [9.17, 15) is 4.79 Å². The van der Waals surface area contributed by atoms with E-state index >= 15 is 0 Å². The molecule has 1 aliphatic heterocycles. The van der Waals surface area contributed by atoms with Crippen LogP contribution in [-0.4, -0.2) is 37.5 Å². The van der Waals surface area contributed by atoms with Gasteiger partial charge in [0, 0.05) is 38.8 Å². The van der Waals surface area contributed by atoms with Gasteiger partial charge >= 0.3 is 0 Å². The van der Waals surface area contributed by atoms with Gasteiger partial charge in [0.05, 0.1) is 0 Å². The lowest BCUT2D eigenvalue weighted by Crippen LogP contribution is -2.27. The Labute approximate surface area is 128 Å². The molecule has 116 valence electrons. The van der Waals surface area contributed by atoms with E-state index in [2.05, 4.69) is 36.1 Å². The summed E-state index contributed by atoms with van der Waals surface area (Å²) in [5.41, 5.74) is 2.58. The predicted octanol–water partition coefficient (Wildman–Crippen LogP) is 3.48. The maximum Gasteiger partial charge on any atom is 0.222 e. The summed E-state index contributed by atoms with van der Waals surface area (Å²) in [5, 5.41) is 0. The van der Waals surface area contributed by atoms with Crippen LogP contribution in [0.15, 0.2) is 24.3 Å². The van der Waals surface area contributed by atoms with Gasteiger partial charge in [-0.1, -0.05) is 25.5 Å². The van der Waals surface area contributed by atoms with Crippen LogP contribution in [0.5, 0.6) is 0 Å². The number of carbonyl (C=O) groups excluding carboxylic acids is 1. The second-order valence-corrected chi connectivity index (χ2v) is 6.03. The van der Waals surface area contributed by atoms with Gasteiger partial charge in [-0.2, -0.15) is 0 Å². The van der Waals surface area contributed by atoms with E-state index in [0.717, 1.165) is 25.8 Å². The van der Waals surface area contributed by atoms with Crippen molar-refractivity contribution in [1.82, 2.24) is 4.90 Å². The highest BCUT2D eigenvalue weighted by Crippen LogP contribution is 2.20. The van der Waals surface area contributed by atoms with Crippen LogP contribution in [0, 0.1) is 0 Å². The summed E-state index contributed by atoms with van der Waals surface area (Å²) < 4.78 is 0. The lowest BCUT2D eigenvalue weighted by atomic mass is 10.1. The van der Waals surface area contributed by atoms with E-state index in [1.54, 1.807) is 0 Å². The summed E-state index contributed by atoms with van der Waals surface area (Å²) in [5.74, 6) is 0.257. The van der Waals surface area contributed by atoms with Crippen molar-refractivity contribution in [3.63, 3.8) is 0 Å². The quantitative estimate of drug-likeness (QED) is 0.767. The molecule has 21 heavy (non-hydrogen) atoms. The van der Waals surface area contributed by atoms with Gasteiger partial charge in [-0.25, -0.2) is 0 Å². The van der Waals surface area contributed by atoms with E-state index in [4.69, 9.17) is 0 Å². The zero-order valence-electron chi connectivity index (χ0n) is 13.5. The molecule has 1 heterocycles. The second kappa shape index (κ2) is 8.06. The normalized spacial score (nSPS) is 14.5. The maximum absolute atomic E-state index is 12.0. The van der Waals surface area contributed by atoms with Crippen LogP contribution in [0.3, 0.4) is 0 Å². The fourth-order valence-corrected chi connectivity index (χ4v) is 2.81. The Hall–Kier alpha value is -1.51. The van der Waals surface area contributed by atoms with Crippen LogP contribution in [0.4, 0.5) is 5.69 Å². The van der Waals surface area contributed by atoms with Crippen LogP contribution < -0.4 is 4.90 Å². The molecule has 0 spiro atoms. The van der Waals surface area contributed by atoms with Gasteiger partial charge in [0.25, 0.3) is 0 Å². The van der Waals surface area contributed by atoms with E-state index < -0.39 is 0 Å². The molecule has 0 saturated carbocycles. The molecular formula is C18H28N2O. The Morgan fingerprint density at radius 3 is 2.48 bits per heavy atom. The van der Waals surface area contributed by atoms with Crippen molar-refractivity contribution in [2.24, 2.45) is 0 Å². The maximum atomic E-state index is 12.0. The number of carbonyl (C=O) groups is 1. The standard InChI is InChI=1S/C18H28N2O/c1-3-4-13-19(2)18(21)12-9-16-7-10-17(11-8-16)20-14-5-6-15-20/h7-8,10-11H,3-6,9,12-15H2,1-2H3. The van der Waals surface area contributed by atoms with Crippen molar-refractivity contribution in [3.05, 3.63) is 29.8 Å². The number of hydrogen-bond donors (Lipinski definition) is 0. The first kappa shape index (κ1) is 15.9. The number of nitrogens with zero attached hydrogens (tertiary/aromatic N) is 2. The van der Waals surface area contributed by atoms with Crippen molar-refractivity contribution in [2.45, 2.75) is 45.4 Å². The fourth-order valence-electron chi connectivity index (χ4n) is 2.81. The number of unbranched alkanes of at least 4 members (excludes halogenated alkanes) is 1. The van der Waals surface area contributed by atoms with Gasteiger partial charge in [0.1, 0.15) is 0 Å². The van der Waals surface area contributed by atoms with E-state index in [-0.39, 0.29) is 5.91 Å². The first-order chi connectivity index (χ1) is 10.2. The van der Waals surface area contributed by atoms with Gasteiger partial charge < -0.3 is 9.80 Å². The van der Waals surface area contributed by atoms with Crippen molar-refractivity contribution < 1.29 is 4.79 Å². The zero-order chi connectivity index (χ0) is 15.1. The minimum Gasteiger partial charge on any atom is -0.372 e. The Kier molecular flexibility index (Phi) is 6.09. The highest BCUT2D eigenvalue weighted by Gasteiger charge is 2.12. The third-order valence-electron chi connectivity index (χ3n) is 4.31. The monoisotopic (exact) mass is 288 g/mol. The third-order valence-corrected chi connectivity index (χ3v) is 4.31. The van der Waals surface area contributed by atoms with Crippen molar-refractivity contribution >= 4 is 11.6 Å². The molecule has 0 unspecified atom stereocenters. The van der Waals surface area contributed by atoms with Crippen molar-refractivity contribution in [1.29, 1.82) is 0 Å². The molecule has 1 aromatic rings. The highest BCUT2D eigenvalue weighted by molar-refractivity contribution is 5.76. The van der Waals surface area contributed by atoms with E-state index in [1.807, 2.05) is 11.9 Å². The number of anilines is 1. The molecule has 2 rings (SSSR count). The summed E-state index contributed by atoms with van der Waals surface area (Å²) >= 11 is 0. The molecule has 0 aromatic heterocycles. The Balaban J connectivity index is 1.79. The molecule has 1 aliphatic rings. The summed E-state index contributed by atoms with van der Waals surface area (Å²) in [4.78, 5) is 16.3. The number of aryl methyl sites for hydroxylation is 1. The molecule has 0 radical (unpaired) electrons. The summed E-state index contributed by atoms with van der Waals surface area (Å²) in [6.07, 6.45) is 6.29. The van der Waals surface area contributed by atoms with Gasteiger partial charge in [0.2, 0.25) is 5.91 Å². The number of amides is 1. The average Bonchev–Trinajstić information content (AvgIpc) is 3.05. The molecule has 0 aliphatic carbocycles. The fraction of sp³-hybridized carbons (Fsp3) is 0.611. The van der Waals surface area contributed by atoms with Crippen molar-refractivity contribution in [2.75, 3.05) is 31.6 Å². The smallest absolute Gasteiger partial charge is 0.222 e. The molecule has 0 atom stereocenters. The number of rotatable bonds is 7. The minimum atomic E-state index is 0.257. The molecule has 0 bridgehead atoms. The minimum absolute atomic E-state index is 0.257. The molecule has 3 heteroatoms. The topological polar surface area (TPSA) is 23.6 Å². The molecule has 1 aromatic carbocycles. The molecule has 1 fully saturated rings. The van der Waals surface area contributed by atoms with Gasteiger partial charge in [-0.15, -0.1) is 0 Å². The third kappa shape index (κ3) is 4.76. The van der Waals surface area contributed by atoms with Crippen LogP contribution in [-0.2, 0) is 11.2 Å². The lowest BCUT2D eigenvalue weighted by molar-refractivity contribution is -0.129. The molecule has 0 N–H and O–H groups in total. The number of hydrogen-bond acceptors (Lipinski definition) is 2. The molecule has 3 nitrogen and oxygen atoms in total. The molecular weight excluding hydrogens is 260 g/mol. The van der Waals surface area contributed by atoms with E-state index in [0.29, 0.717) is 6.42 Å². The van der Waals surface area contributed by atoms with Gasteiger partial charge in [-0.3, -0.25) is 4.79 Å². The largest absolute Gasteiger partial charge is 0.372 e. The Morgan fingerprint density at radius 1 is 1.19 bits per heavy atom. The summed E-state index contributed by atoms with van der Waals surface area (Å²) in [6.45, 7) is 5.39. The Bertz CT molecular complexity index is 435. The number of benzene rings is 1. The summed E-state index contributed by atoms with van der Waals surface area (Å²) in [6, 6.07) is 8.75. The Morgan fingerprint density at radius 2 is 1.86 bits per heavy atom. The van der Waals surface area contributed by atoms with Crippen molar-refractivity contribution in [3.8, 4) is 0 Å². The zero-order valence-corrected chi connectivity index (χ0v) is 13.5. The van der Waals surface area contributed by atoms with Gasteiger partial charge in [-0.05, 0) is 43.4 Å². The first-order valence-corrected chi connectivity index (χ1v) is 8.28. The van der Waals surface area contributed by atoms with Crippen LogP contribution >= 0.6 is 0 Å². The summed E-state index contributed by atoms with van der Waals surface area (Å²) in [7, 11) is 1.91. The SMILES string of the molecule is CCCCN(C)C(=O)CCc1ccc(N2CCCC2)cc1. The van der Waals surface area contributed by atoms with Crippen LogP contribution in [0.1, 0.15) is 44.6 Å². The molecule has 1 saturated heterocycles. The van der Waals surface area contributed by atoms with E-state index in [1.165, 1.54) is 37.2 Å². The average molecular weight is 288 g/mol. The molecule has 1 amide bonds. The second-order valence-electron chi connectivity index (χ2n) is 6.03. The predicted molar refractivity (Wildman–Crippen MR) is 88.8 cm³/mol. The highest BCUT2D eigenvalue weighted by atomic mass is 16.2. The van der Waals surface area contributed by atoms with Gasteiger partial charge in [0.15, 0.2) is 0 Å².